The van der Waals surface area contributed by atoms with Gasteiger partial charge in [0.2, 0.25) is 0 Å². The van der Waals surface area contributed by atoms with E-state index in [-0.39, 0.29) is 0 Å². The zero-order valence-electron chi connectivity index (χ0n) is 16.9. The van der Waals surface area contributed by atoms with Gasteiger partial charge in [-0.2, -0.15) is 0 Å². The number of rotatable bonds is 7. The van der Waals surface area contributed by atoms with Crippen LogP contribution < -0.4 is 0 Å². The Morgan fingerprint density at radius 2 is 1.12 bits per heavy atom. The van der Waals surface area contributed by atoms with E-state index in [0.29, 0.717) is 24.6 Å². The third-order valence-electron chi connectivity index (χ3n) is 4.70. The van der Waals surface area contributed by atoms with Gasteiger partial charge in [-0.05, 0) is 52.9 Å². The van der Waals surface area contributed by atoms with Crippen molar-refractivity contribution in [2.75, 3.05) is 27.2 Å². The minimum atomic E-state index is 0.370. The summed E-state index contributed by atoms with van der Waals surface area (Å²) in [5.74, 6) is 0.741. The fourth-order valence-electron chi connectivity index (χ4n) is 3.37. The molecule has 0 fully saturated rings. The molecular formula is C22H32N2O2. The lowest BCUT2D eigenvalue weighted by Crippen LogP contribution is -2.31. The lowest BCUT2D eigenvalue weighted by molar-refractivity contribution is 0.221. The first-order valence-electron chi connectivity index (χ1n) is 9.12. The Kier molecular flexibility index (Phi) is 6.68. The van der Waals surface area contributed by atoms with Crippen LogP contribution in [0.25, 0.3) is 0 Å². The van der Waals surface area contributed by atoms with Crippen molar-refractivity contribution in [3.63, 3.8) is 0 Å². The number of aromatic hydroxyl groups is 2. The van der Waals surface area contributed by atoms with Gasteiger partial charge in [-0.3, -0.25) is 4.90 Å². The number of benzene rings is 2. The van der Waals surface area contributed by atoms with Crippen molar-refractivity contribution in [2.24, 2.45) is 0 Å². The smallest absolute Gasteiger partial charge is 0.122 e. The van der Waals surface area contributed by atoms with E-state index in [2.05, 4.69) is 37.7 Å². The first kappa shape index (κ1) is 20.3. The zero-order valence-corrected chi connectivity index (χ0v) is 16.9. The summed E-state index contributed by atoms with van der Waals surface area (Å²) in [6.45, 7) is 11.0. The Morgan fingerprint density at radius 3 is 1.50 bits per heavy atom. The molecule has 0 aliphatic rings. The second-order valence-corrected chi connectivity index (χ2v) is 7.69. The number of aryl methyl sites for hydroxylation is 4. The average Bonchev–Trinajstić information content (AvgIpc) is 2.54. The number of likely N-dealkylation sites (N-methyl/N-ethyl adjacent to an activating group) is 1. The van der Waals surface area contributed by atoms with E-state index >= 15 is 0 Å². The van der Waals surface area contributed by atoms with E-state index in [1.165, 1.54) is 0 Å². The molecule has 0 aliphatic carbocycles. The average molecular weight is 357 g/mol. The molecule has 0 unspecified atom stereocenters. The lowest BCUT2D eigenvalue weighted by atomic mass is 10.0. The van der Waals surface area contributed by atoms with Gasteiger partial charge in [0, 0.05) is 37.3 Å². The van der Waals surface area contributed by atoms with Crippen molar-refractivity contribution >= 4 is 0 Å². The Labute approximate surface area is 157 Å². The molecule has 4 heteroatoms. The first-order valence-corrected chi connectivity index (χ1v) is 9.12. The van der Waals surface area contributed by atoms with Crippen LogP contribution in [0.4, 0.5) is 0 Å². The predicted molar refractivity (Wildman–Crippen MR) is 108 cm³/mol. The van der Waals surface area contributed by atoms with E-state index in [0.717, 1.165) is 46.5 Å². The number of phenolic OH excluding ortho intramolecular Hbond substituents is 2. The van der Waals surface area contributed by atoms with Gasteiger partial charge in [-0.15, -0.1) is 0 Å². The molecule has 0 saturated heterocycles. The summed E-state index contributed by atoms with van der Waals surface area (Å²) in [6, 6.07) is 8.09. The third kappa shape index (κ3) is 5.23. The van der Waals surface area contributed by atoms with Crippen LogP contribution in [-0.4, -0.2) is 47.2 Å². The first-order chi connectivity index (χ1) is 12.2. The second-order valence-electron chi connectivity index (χ2n) is 7.69. The predicted octanol–water partition coefficient (Wildman–Crippen LogP) is 3.90. The summed E-state index contributed by atoms with van der Waals surface area (Å²) in [5.41, 5.74) is 5.98. The molecule has 0 saturated carbocycles. The summed E-state index contributed by atoms with van der Waals surface area (Å²) in [6.07, 6.45) is 0. The summed E-state index contributed by atoms with van der Waals surface area (Å²) < 4.78 is 0. The van der Waals surface area contributed by atoms with Gasteiger partial charge in [0.1, 0.15) is 11.5 Å². The standard InChI is InChI=1S/C22H32N2O2/c1-15-9-17(3)21(25)19(11-15)13-24(8-7-23(5)6)14-20-12-16(2)10-18(4)22(20)26/h9-12,25-26H,7-8,13-14H2,1-6H3. The highest BCUT2D eigenvalue weighted by Gasteiger charge is 2.15. The van der Waals surface area contributed by atoms with Crippen molar-refractivity contribution in [3.8, 4) is 11.5 Å². The van der Waals surface area contributed by atoms with E-state index in [9.17, 15) is 10.2 Å². The molecule has 2 aromatic rings. The molecule has 0 spiro atoms. The Bertz CT molecular complexity index is 710. The van der Waals surface area contributed by atoms with Gasteiger partial charge in [-0.1, -0.05) is 35.4 Å². The maximum atomic E-state index is 10.5. The molecule has 2 rings (SSSR count). The molecule has 0 atom stereocenters. The monoisotopic (exact) mass is 356 g/mol. The molecule has 0 heterocycles. The second kappa shape index (κ2) is 8.56. The van der Waals surface area contributed by atoms with Crippen molar-refractivity contribution < 1.29 is 10.2 Å². The largest absolute Gasteiger partial charge is 0.507 e. The third-order valence-corrected chi connectivity index (χ3v) is 4.70. The summed E-state index contributed by atoms with van der Waals surface area (Å²) in [7, 11) is 4.11. The normalized spacial score (nSPS) is 11.5. The topological polar surface area (TPSA) is 46.9 Å². The van der Waals surface area contributed by atoms with Gasteiger partial charge < -0.3 is 15.1 Å². The lowest BCUT2D eigenvalue weighted by Gasteiger charge is -2.26. The number of hydrogen-bond donors (Lipinski definition) is 2. The number of hydrogen-bond acceptors (Lipinski definition) is 4. The highest BCUT2D eigenvalue weighted by atomic mass is 16.3. The fourth-order valence-corrected chi connectivity index (χ4v) is 3.37. The Hall–Kier alpha value is -2.04. The maximum Gasteiger partial charge on any atom is 0.122 e. The molecule has 0 amide bonds. The SMILES string of the molecule is Cc1cc(C)c(O)c(CN(CCN(C)C)Cc2cc(C)cc(C)c2O)c1. The van der Waals surface area contributed by atoms with E-state index in [4.69, 9.17) is 0 Å². The fraction of sp³-hybridized carbons (Fsp3) is 0.455. The van der Waals surface area contributed by atoms with Crippen LogP contribution in [0.1, 0.15) is 33.4 Å². The van der Waals surface area contributed by atoms with Crippen LogP contribution in [0, 0.1) is 27.7 Å². The van der Waals surface area contributed by atoms with Crippen LogP contribution in [0.5, 0.6) is 11.5 Å². The number of phenols is 2. The van der Waals surface area contributed by atoms with Gasteiger partial charge in [0.05, 0.1) is 0 Å². The van der Waals surface area contributed by atoms with Crippen molar-refractivity contribution in [2.45, 2.75) is 40.8 Å². The van der Waals surface area contributed by atoms with Crippen molar-refractivity contribution in [3.05, 3.63) is 57.6 Å². The van der Waals surface area contributed by atoms with Crippen molar-refractivity contribution in [1.29, 1.82) is 0 Å². The van der Waals surface area contributed by atoms with E-state index in [1.807, 2.05) is 38.1 Å². The summed E-state index contributed by atoms with van der Waals surface area (Å²) >= 11 is 0. The molecule has 0 aromatic heterocycles. The van der Waals surface area contributed by atoms with Gasteiger partial charge in [0.15, 0.2) is 0 Å². The zero-order chi connectivity index (χ0) is 19.4. The Morgan fingerprint density at radius 1 is 0.692 bits per heavy atom. The molecule has 4 nitrogen and oxygen atoms in total. The number of nitrogens with zero attached hydrogens (tertiary/aromatic N) is 2. The van der Waals surface area contributed by atoms with Gasteiger partial charge in [-0.25, -0.2) is 0 Å². The minimum Gasteiger partial charge on any atom is -0.507 e. The van der Waals surface area contributed by atoms with Crippen molar-refractivity contribution in [1.82, 2.24) is 9.80 Å². The van der Waals surface area contributed by atoms with Gasteiger partial charge >= 0.3 is 0 Å². The van der Waals surface area contributed by atoms with E-state index in [1.54, 1.807) is 0 Å². The molecule has 0 radical (unpaired) electrons. The van der Waals surface area contributed by atoms with Crippen LogP contribution >= 0.6 is 0 Å². The van der Waals surface area contributed by atoms with Gasteiger partial charge in [0.25, 0.3) is 0 Å². The quantitative estimate of drug-likeness (QED) is 0.790. The highest BCUT2D eigenvalue weighted by Crippen LogP contribution is 2.28. The molecule has 2 aromatic carbocycles. The Balaban J connectivity index is 2.30. The van der Waals surface area contributed by atoms with Crippen LogP contribution in [0.3, 0.4) is 0 Å². The maximum absolute atomic E-state index is 10.5. The highest BCUT2D eigenvalue weighted by molar-refractivity contribution is 5.44. The van der Waals surface area contributed by atoms with Crippen LogP contribution in [-0.2, 0) is 13.1 Å². The molecule has 26 heavy (non-hydrogen) atoms. The van der Waals surface area contributed by atoms with E-state index < -0.39 is 0 Å². The molecule has 142 valence electrons. The summed E-state index contributed by atoms with van der Waals surface area (Å²) in [4.78, 5) is 4.43. The molecule has 0 aliphatic heterocycles. The van der Waals surface area contributed by atoms with Crippen LogP contribution in [0.2, 0.25) is 0 Å². The van der Waals surface area contributed by atoms with Crippen LogP contribution in [0.15, 0.2) is 24.3 Å². The molecule has 0 bridgehead atoms. The summed E-state index contributed by atoms with van der Waals surface area (Å²) in [5, 5.41) is 20.9. The minimum absolute atomic E-state index is 0.370. The molecular weight excluding hydrogens is 324 g/mol. The molecule has 2 N–H and O–H groups in total.